The summed E-state index contributed by atoms with van der Waals surface area (Å²) >= 11 is 3.58. The number of benzene rings is 6. The highest BCUT2D eigenvalue weighted by Gasteiger charge is 2.16. The van der Waals surface area contributed by atoms with Crippen LogP contribution in [0.2, 0.25) is 0 Å². The van der Waals surface area contributed by atoms with Gasteiger partial charge in [-0.05, 0) is 121 Å². The molecule has 0 atom stereocenters. The van der Waals surface area contributed by atoms with Gasteiger partial charge in [0.1, 0.15) is 0 Å². The van der Waals surface area contributed by atoms with E-state index >= 15 is 0 Å². The molecule has 0 aliphatic rings. The van der Waals surface area contributed by atoms with Crippen molar-refractivity contribution in [3.63, 3.8) is 0 Å². The molecule has 0 N–H and O–H groups in total. The number of aryl methyl sites for hydroxylation is 2. The summed E-state index contributed by atoms with van der Waals surface area (Å²) in [6.07, 6.45) is 0. The first-order valence-electron chi connectivity index (χ1n) is 13.8. The summed E-state index contributed by atoms with van der Waals surface area (Å²) in [7, 11) is 0. The normalized spacial score (nSPS) is 10.8. The third-order valence-electron chi connectivity index (χ3n) is 7.35. The second-order valence-corrected chi connectivity index (χ2v) is 11.1. The molecule has 0 spiro atoms. The zero-order chi connectivity index (χ0) is 28.2. The average Bonchev–Trinajstić information content (AvgIpc) is 3.01. The van der Waals surface area contributed by atoms with Crippen molar-refractivity contribution in [2.45, 2.75) is 13.8 Å². The van der Waals surface area contributed by atoms with E-state index in [0.717, 1.165) is 38.6 Å². The first-order chi connectivity index (χ1) is 20.1. The average molecular weight is 596 g/mol. The minimum atomic E-state index is 1.07. The summed E-state index contributed by atoms with van der Waals surface area (Å²) in [5.74, 6) is 0. The van der Waals surface area contributed by atoms with E-state index in [1.807, 2.05) is 0 Å². The van der Waals surface area contributed by atoms with Crippen LogP contribution in [0, 0.1) is 13.8 Å². The van der Waals surface area contributed by atoms with Gasteiger partial charge in [-0.3, -0.25) is 0 Å². The minimum Gasteiger partial charge on any atom is -0.310 e. The third kappa shape index (κ3) is 5.68. The van der Waals surface area contributed by atoms with Gasteiger partial charge in [0, 0.05) is 38.6 Å². The van der Waals surface area contributed by atoms with Crippen molar-refractivity contribution in [1.82, 2.24) is 0 Å². The van der Waals surface area contributed by atoms with Crippen LogP contribution in [-0.4, -0.2) is 0 Å². The molecule has 0 saturated heterocycles. The number of halogens is 1. The van der Waals surface area contributed by atoms with Crippen LogP contribution < -0.4 is 9.80 Å². The lowest BCUT2D eigenvalue weighted by atomic mass is 9.95. The van der Waals surface area contributed by atoms with Crippen LogP contribution in [0.15, 0.2) is 156 Å². The predicted molar refractivity (Wildman–Crippen MR) is 178 cm³/mol. The van der Waals surface area contributed by atoms with Crippen molar-refractivity contribution in [3.05, 3.63) is 167 Å². The summed E-state index contributed by atoms with van der Waals surface area (Å²) < 4.78 is 1.07. The Morgan fingerprint density at radius 3 is 1.02 bits per heavy atom. The van der Waals surface area contributed by atoms with Crippen molar-refractivity contribution >= 4 is 50.1 Å². The number of hydrogen-bond acceptors (Lipinski definition) is 2. The third-order valence-corrected chi connectivity index (χ3v) is 7.88. The Bertz CT molecular complexity index is 1710. The molecule has 0 heterocycles. The number of hydrogen-bond donors (Lipinski definition) is 0. The van der Waals surface area contributed by atoms with Gasteiger partial charge >= 0.3 is 0 Å². The molecule has 0 aliphatic carbocycles. The van der Waals surface area contributed by atoms with Gasteiger partial charge in [0.15, 0.2) is 0 Å². The van der Waals surface area contributed by atoms with Crippen LogP contribution in [0.5, 0.6) is 0 Å². The van der Waals surface area contributed by atoms with Gasteiger partial charge in [-0.2, -0.15) is 0 Å². The molecule has 0 radical (unpaired) electrons. The fourth-order valence-corrected chi connectivity index (χ4v) is 5.66. The molecule has 6 aromatic carbocycles. The predicted octanol–water partition coefficient (Wildman–Crippen LogP) is 11.7. The van der Waals surface area contributed by atoms with Crippen molar-refractivity contribution in [1.29, 1.82) is 0 Å². The van der Waals surface area contributed by atoms with Gasteiger partial charge in [-0.15, -0.1) is 0 Å². The Morgan fingerprint density at radius 1 is 0.366 bits per heavy atom. The second kappa shape index (κ2) is 11.9. The Hall–Kier alpha value is -4.60. The zero-order valence-corrected chi connectivity index (χ0v) is 24.8. The summed E-state index contributed by atoms with van der Waals surface area (Å²) in [6, 6.07) is 53.6. The molecule has 2 nitrogen and oxygen atoms in total. The van der Waals surface area contributed by atoms with Crippen LogP contribution in [0.4, 0.5) is 34.1 Å². The molecule has 0 aliphatic heterocycles. The van der Waals surface area contributed by atoms with Gasteiger partial charge in [-0.1, -0.05) is 82.7 Å². The monoisotopic (exact) mass is 594 g/mol. The molecule has 0 aromatic heterocycles. The van der Waals surface area contributed by atoms with Gasteiger partial charge in [0.05, 0.1) is 0 Å². The highest BCUT2D eigenvalue weighted by molar-refractivity contribution is 9.10. The molecule has 6 rings (SSSR count). The summed E-state index contributed by atoms with van der Waals surface area (Å²) in [6.45, 7) is 4.41. The van der Waals surface area contributed by atoms with Gasteiger partial charge in [0.2, 0.25) is 0 Å². The van der Waals surface area contributed by atoms with Gasteiger partial charge in [0.25, 0.3) is 0 Å². The maximum atomic E-state index is 3.58. The van der Waals surface area contributed by atoms with E-state index in [-0.39, 0.29) is 0 Å². The van der Waals surface area contributed by atoms with Crippen molar-refractivity contribution in [2.24, 2.45) is 0 Å². The SMILES string of the molecule is Cc1cc(N(c2ccccc2)c2ccccc2)ccc1-c1ccc(N(c2ccccc2)c2ccc(Br)cc2)cc1C. The minimum absolute atomic E-state index is 1.07. The van der Waals surface area contributed by atoms with E-state index in [4.69, 9.17) is 0 Å². The highest BCUT2D eigenvalue weighted by atomic mass is 79.9. The molecule has 0 saturated carbocycles. The Balaban J connectivity index is 1.38. The number of nitrogens with zero attached hydrogens (tertiary/aromatic N) is 2. The molecule has 200 valence electrons. The lowest BCUT2D eigenvalue weighted by Gasteiger charge is -2.27. The van der Waals surface area contributed by atoms with Crippen LogP contribution in [0.25, 0.3) is 11.1 Å². The molecule has 0 fully saturated rings. The molecule has 0 amide bonds. The van der Waals surface area contributed by atoms with Gasteiger partial charge < -0.3 is 9.80 Å². The van der Waals surface area contributed by atoms with Crippen LogP contribution in [-0.2, 0) is 0 Å². The first-order valence-corrected chi connectivity index (χ1v) is 14.6. The van der Waals surface area contributed by atoms with Crippen LogP contribution in [0.3, 0.4) is 0 Å². The Morgan fingerprint density at radius 2 is 0.683 bits per heavy atom. The fourth-order valence-electron chi connectivity index (χ4n) is 5.39. The molecule has 3 heteroatoms. The van der Waals surface area contributed by atoms with Crippen LogP contribution >= 0.6 is 15.9 Å². The smallest absolute Gasteiger partial charge is 0.0464 e. The molecule has 0 unspecified atom stereocenters. The van der Waals surface area contributed by atoms with Crippen molar-refractivity contribution in [2.75, 3.05) is 9.80 Å². The van der Waals surface area contributed by atoms with Crippen molar-refractivity contribution < 1.29 is 0 Å². The molecule has 0 bridgehead atoms. The van der Waals surface area contributed by atoms with E-state index < -0.39 is 0 Å². The topological polar surface area (TPSA) is 6.48 Å². The van der Waals surface area contributed by atoms with E-state index in [1.54, 1.807) is 0 Å². The van der Waals surface area contributed by atoms with Crippen LogP contribution in [0.1, 0.15) is 11.1 Å². The lowest BCUT2D eigenvalue weighted by Crippen LogP contribution is -2.10. The molecular formula is C38H31BrN2. The summed E-state index contributed by atoms with van der Waals surface area (Å²) in [5, 5.41) is 0. The standard InChI is InChI=1S/C38H31BrN2/c1-28-26-35(40(31-12-6-3-7-13-31)32-14-8-4-9-15-32)22-24-37(28)38-25-23-36(27-29(38)2)41(33-16-10-5-11-17-33)34-20-18-30(39)19-21-34/h3-27H,1-2H3. The fraction of sp³-hybridized carbons (Fsp3) is 0.0526. The number of para-hydroxylation sites is 3. The van der Waals surface area contributed by atoms with E-state index in [0.29, 0.717) is 0 Å². The van der Waals surface area contributed by atoms with E-state index in [9.17, 15) is 0 Å². The molecule has 6 aromatic rings. The second-order valence-electron chi connectivity index (χ2n) is 10.2. The highest BCUT2D eigenvalue weighted by Crippen LogP contribution is 2.40. The lowest BCUT2D eigenvalue weighted by molar-refractivity contribution is 1.26. The molecule has 41 heavy (non-hydrogen) atoms. The Kier molecular flexibility index (Phi) is 7.71. The number of rotatable bonds is 7. The number of anilines is 6. The largest absolute Gasteiger partial charge is 0.310 e. The zero-order valence-electron chi connectivity index (χ0n) is 23.2. The first kappa shape index (κ1) is 26.6. The quantitative estimate of drug-likeness (QED) is 0.181. The van der Waals surface area contributed by atoms with E-state index in [2.05, 4.69) is 191 Å². The maximum absolute atomic E-state index is 3.58. The maximum Gasteiger partial charge on any atom is 0.0464 e. The van der Waals surface area contributed by atoms with Crippen molar-refractivity contribution in [3.8, 4) is 11.1 Å². The molecular weight excluding hydrogens is 564 g/mol. The Labute approximate surface area is 251 Å². The van der Waals surface area contributed by atoms with E-state index in [1.165, 1.54) is 22.3 Å². The summed E-state index contributed by atoms with van der Waals surface area (Å²) in [4.78, 5) is 4.61. The van der Waals surface area contributed by atoms with Gasteiger partial charge in [-0.25, -0.2) is 0 Å². The summed E-state index contributed by atoms with van der Waals surface area (Å²) in [5.41, 5.74) is 11.8.